The molecule has 3 rings (SSSR count). The summed E-state index contributed by atoms with van der Waals surface area (Å²) in [6.45, 7) is 3.76. The molecule has 0 amide bonds. The lowest BCUT2D eigenvalue weighted by Crippen LogP contribution is -1.85. The fourth-order valence-electron chi connectivity index (χ4n) is 1.75. The number of thioether (sulfide) groups is 1. The molecule has 102 valence electrons. The molecule has 0 fully saturated rings. The molecule has 0 unspecified atom stereocenters. The molecule has 3 heterocycles. The van der Waals surface area contributed by atoms with E-state index in [9.17, 15) is 0 Å². The van der Waals surface area contributed by atoms with Gasteiger partial charge in [-0.1, -0.05) is 11.8 Å². The number of aromatic nitrogens is 4. The van der Waals surface area contributed by atoms with Gasteiger partial charge in [-0.2, -0.15) is 0 Å². The molecule has 20 heavy (non-hydrogen) atoms. The van der Waals surface area contributed by atoms with Gasteiger partial charge in [0, 0.05) is 12.4 Å². The van der Waals surface area contributed by atoms with Gasteiger partial charge in [-0.25, -0.2) is 9.97 Å². The van der Waals surface area contributed by atoms with E-state index in [0.717, 1.165) is 17.1 Å². The van der Waals surface area contributed by atoms with Crippen molar-refractivity contribution in [3.8, 4) is 11.5 Å². The Bertz CT molecular complexity index is 708. The monoisotopic (exact) mass is 288 g/mol. The van der Waals surface area contributed by atoms with Crippen molar-refractivity contribution in [2.45, 2.75) is 24.8 Å². The van der Waals surface area contributed by atoms with Gasteiger partial charge in [-0.3, -0.25) is 0 Å². The van der Waals surface area contributed by atoms with Crippen molar-refractivity contribution >= 4 is 11.8 Å². The van der Waals surface area contributed by atoms with E-state index in [1.807, 2.05) is 19.9 Å². The summed E-state index contributed by atoms with van der Waals surface area (Å²) in [4.78, 5) is 8.25. The van der Waals surface area contributed by atoms with E-state index in [-0.39, 0.29) is 0 Å². The lowest BCUT2D eigenvalue weighted by molar-refractivity contribution is 0.499. The third-order valence-corrected chi connectivity index (χ3v) is 3.47. The van der Waals surface area contributed by atoms with Crippen LogP contribution in [0.4, 0.5) is 0 Å². The summed E-state index contributed by atoms with van der Waals surface area (Å²) in [5.74, 6) is 3.15. The first-order valence-corrected chi connectivity index (χ1v) is 7.00. The van der Waals surface area contributed by atoms with E-state index in [4.69, 9.17) is 8.83 Å². The number of nitrogens with zero attached hydrogens (tertiary/aromatic N) is 4. The average molecular weight is 288 g/mol. The van der Waals surface area contributed by atoms with Crippen LogP contribution < -0.4 is 0 Å². The Morgan fingerprint density at radius 2 is 1.90 bits per heavy atom. The van der Waals surface area contributed by atoms with Gasteiger partial charge in [-0.15, -0.1) is 10.2 Å². The Kier molecular flexibility index (Phi) is 3.51. The highest BCUT2D eigenvalue weighted by atomic mass is 32.2. The Hall–Kier alpha value is -2.15. The second kappa shape index (κ2) is 5.46. The van der Waals surface area contributed by atoms with Crippen molar-refractivity contribution in [3.05, 3.63) is 41.9 Å². The lowest BCUT2D eigenvalue weighted by atomic mass is 10.2. The van der Waals surface area contributed by atoms with Gasteiger partial charge in [0.05, 0.1) is 11.3 Å². The zero-order valence-electron chi connectivity index (χ0n) is 11.0. The molecule has 7 heteroatoms. The van der Waals surface area contributed by atoms with Crippen molar-refractivity contribution in [3.63, 3.8) is 0 Å². The quantitative estimate of drug-likeness (QED) is 0.539. The fraction of sp³-hybridized carbons (Fsp3) is 0.231. The predicted molar refractivity (Wildman–Crippen MR) is 73.1 cm³/mol. The Morgan fingerprint density at radius 3 is 2.60 bits per heavy atom. The van der Waals surface area contributed by atoms with E-state index in [1.54, 1.807) is 18.5 Å². The highest BCUT2D eigenvalue weighted by Gasteiger charge is 2.14. The van der Waals surface area contributed by atoms with Crippen LogP contribution in [-0.4, -0.2) is 20.2 Å². The maximum atomic E-state index is 5.63. The molecule has 0 radical (unpaired) electrons. The average Bonchev–Trinajstić information content (AvgIpc) is 3.04. The summed E-state index contributed by atoms with van der Waals surface area (Å²) < 4.78 is 11.1. The molecular weight excluding hydrogens is 276 g/mol. The van der Waals surface area contributed by atoms with Crippen molar-refractivity contribution in [1.82, 2.24) is 20.2 Å². The van der Waals surface area contributed by atoms with Gasteiger partial charge in [0.15, 0.2) is 5.16 Å². The van der Waals surface area contributed by atoms with E-state index in [2.05, 4.69) is 20.2 Å². The molecule has 0 bridgehead atoms. The number of hydrogen-bond donors (Lipinski definition) is 0. The number of rotatable bonds is 4. The van der Waals surface area contributed by atoms with Gasteiger partial charge in [0.1, 0.15) is 11.5 Å². The van der Waals surface area contributed by atoms with Crippen LogP contribution in [0.15, 0.2) is 38.5 Å². The van der Waals surface area contributed by atoms with Crippen molar-refractivity contribution in [1.29, 1.82) is 0 Å². The molecule has 0 aliphatic heterocycles. The Balaban J connectivity index is 1.73. The minimum atomic E-state index is 0.476. The van der Waals surface area contributed by atoms with Gasteiger partial charge in [-0.05, 0) is 26.0 Å². The summed E-state index contributed by atoms with van der Waals surface area (Å²) in [6, 6.07) is 3.67. The summed E-state index contributed by atoms with van der Waals surface area (Å²) in [5.41, 5.74) is 0.835. The first-order chi connectivity index (χ1) is 9.72. The summed E-state index contributed by atoms with van der Waals surface area (Å²) in [7, 11) is 0. The van der Waals surface area contributed by atoms with Crippen LogP contribution in [0.2, 0.25) is 0 Å². The number of hydrogen-bond acceptors (Lipinski definition) is 7. The summed E-state index contributed by atoms with van der Waals surface area (Å²) in [6.07, 6.45) is 3.40. The molecular formula is C13H12N4O2S. The minimum Gasteiger partial charge on any atom is -0.466 e. The Morgan fingerprint density at radius 1 is 1.10 bits per heavy atom. The molecule has 0 N–H and O–H groups in total. The molecule has 0 atom stereocenters. The summed E-state index contributed by atoms with van der Waals surface area (Å²) in [5, 5.41) is 8.75. The van der Waals surface area contributed by atoms with Crippen molar-refractivity contribution in [2.75, 3.05) is 0 Å². The molecule has 0 spiro atoms. The first-order valence-electron chi connectivity index (χ1n) is 6.02. The highest BCUT2D eigenvalue weighted by Crippen LogP contribution is 2.26. The number of furan rings is 1. The van der Waals surface area contributed by atoms with E-state index >= 15 is 0 Å². The maximum absolute atomic E-state index is 5.63. The standard InChI is InChI=1S/C13H12N4O2S/c1-8-6-10(9(2)18-8)12-17-16-11(19-12)7-20-13-14-4-3-5-15-13/h3-6H,7H2,1-2H3. The molecule has 3 aromatic rings. The molecule has 0 aliphatic carbocycles. The van der Waals surface area contributed by atoms with Crippen LogP contribution in [0.3, 0.4) is 0 Å². The zero-order valence-corrected chi connectivity index (χ0v) is 11.8. The van der Waals surface area contributed by atoms with Crippen molar-refractivity contribution in [2.24, 2.45) is 0 Å². The molecule has 0 saturated heterocycles. The van der Waals surface area contributed by atoms with E-state index in [1.165, 1.54) is 11.8 Å². The van der Waals surface area contributed by atoms with Gasteiger partial charge < -0.3 is 8.83 Å². The second-order valence-corrected chi connectivity index (χ2v) is 5.09. The largest absolute Gasteiger partial charge is 0.466 e. The SMILES string of the molecule is Cc1cc(-c2nnc(CSc3ncccn3)o2)c(C)o1. The summed E-state index contributed by atoms with van der Waals surface area (Å²) >= 11 is 1.45. The van der Waals surface area contributed by atoms with Gasteiger partial charge >= 0.3 is 0 Å². The zero-order chi connectivity index (χ0) is 13.9. The third-order valence-electron chi connectivity index (χ3n) is 2.61. The van der Waals surface area contributed by atoms with Crippen LogP contribution in [0.1, 0.15) is 17.4 Å². The van der Waals surface area contributed by atoms with Crippen LogP contribution in [0, 0.1) is 13.8 Å². The normalized spacial score (nSPS) is 10.9. The van der Waals surface area contributed by atoms with Crippen LogP contribution in [-0.2, 0) is 5.75 Å². The van der Waals surface area contributed by atoms with Crippen LogP contribution >= 0.6 is 11.8 Å². The lowest BCUT2D eigenvalue weighted by Gasteiger charge is -1.94. The van der Waals surface area contributed by atoms with Crippen LogP contribution in [0.25, 0.3) is 11.5 Å². The smallest absolute Gasteiger partial charge is 0.251 e. The van der Waals surface area contributed by atoms with E-state index in [0.29, 0.717) is 22.7 Å². The Labute approximate surface area is 119 Å². The highest BCUT2D eigenvalue weighted by molar-refractivity contribution is 7.98. The molecule has 0 saturated carbocycles. The second-order valence-electron chi connectivity index (χ2n) is 4.15. The predicted octanol–water partition coefficient (Wildman–Crippen LogP) is 3.03. The molecule has 0 aromatic carbocycles. The molecule has 6 nitrogen and oxygen atoms in total. The minimum absolute atomic E-state index is 0.476. The topological polar surface area (TPSA) is 77.8 Å². The van der Waals surface area contributed by atoms with Crippen molar-refractivity contribution < 1.29 is 8.83 Å². The maximum Gasteiger partial charge on any atom is 0.251 e. The fourth-order valence-corrected chi connectivity index (χ4v) is 2.39. The molecule has 0 aliphatic rings. The van der Waals surface area contributed by atoms with Gasteiger partial charge in [0.25, 0.3) is 5.89 Å². The third kappa shape index (κ3) is 2.72. The molecule has 3 aromatic heterocycles. The van der Waals surface area contributed by atoms with Crippen LogP contribution in [0.5, 0.6) is 0 Å². The van der Waals surface area contributed by atoms with Gasteiger partial charge in [0.2, 0.25) is 5.89 Å². The van der Waals surface area contributed by atoms with E-state index < -0.39 is 0 Å². The number of aryl methyl sites for hydroxylation is 2. The first kappa shape index (κ1) is 12.9.